The Morgan fingerprint density at radius 1 is 1.15 bits per heavy atom. The van der Waals surface area contributed by atoms with Crippen molar-refractivity contribution >= 4 is 52.2 Å². The molecule has 3 heterocycles. The van der Waals surface area contributed by atoms with Crippen LogP contribution < -0.4 is 15.1 Å². The molecular weight excluding hydrogens is 544 g/mol. The number of hydrogen-bond donors (Lipinski definition) is 2. The Hall–Kier alpha value is -2.70. The van der Waals surface area contributed by atoms with Crippen LogP contribution in [0.4, 0.5) is 16.2 Å². The largest absolute Gasteiger partial charge is 0.442 e. The summed E-state index contributed by atoms with van der Waals surface area (Å²) >= 11 is 7.20. The van der Waals surface area contributed by atoms with E-state index in [1.165, 1.54) is 9.80 Å². The number of nitrogens with zero attached hydrogens (tertiary/aromatic N) is 3. The molecular formula is C27H35ClN4O6S. The molecule has 212 valence electrons. The maximum absolute atomic E-state index is 13.3. The first-order valence-electron chi connectivity index (χ1n) is 13.3. The van der Waals surface area contributed by atoms with Gasteiger partial charge in [-0.2, -0.15) is 0 Å². The van der Waals surface area contributed by atoms with E-state index < -0.39 is 18.4 Å². The van der Waals surface area contributed by atoms with Crippen LogP contribution in [0.15, 0.2) is 36.4 Å². The van der Waals surface area contributed by atoms with Crippen molar-refractivity contribution in [3.05, 3.63) is 45.6 Å². The van der Waals surface area contributed by atoms with Crippen molar-refractivity contribution in [2.24, 2.45) is 0 Å². The number of ether oxygens (including phenoxy) is 2. The van der Waals surface area contributed by atoms with Crippen LogP contribution in [0, 0.1) is 0 Å². The van der Waals surface area contributed by atoms with Gasteiger partial charge in [0.05, 0.1) is 28.9 Å². The molecule has 39 heavy (non-hydrogen) atoms. The highest BCUT2D eigenvalue weighted by molar-refractivity contribution is 7.17. The fourth-order valence-corrected chi connectivity index (χ4v) is 5.55. The van der Waals surface area contributed by atoms with E-state index in [1.807, 2.05) is 0 Å². The van der Waals surface area contributed by atoms with Gasteiger partial charge in [-0.3, -0.25) is 14.5 Å². The number of anilines is 2. The van der Waals surface area contributed by atoms with Gasteiger partial charge in [-0.05, 0) is 68.8 Å². The number of cyclic esters (lactones) is 1. The highest BCUT2D eigenvalue weighted by atomic mass is 35.5. The minimum atomic E-state index is -1.04. The van der Waals surface area contributed by atoms with Crippen molar-refractivity contribution in [3.63, 3.8) is 0 Å². The molecule has 1 aromatic carbocycles. The van der Waals surface area contributed by atoms with Gasteiger partial charge in [-0.1, -0.05) is 24.9 Å². The summed E-state index contributed by atoms with van der Waals surface area (Å²) in [6, 6.07) is 10.4. The summed E-state index contributed by atoms with van der Waals surface area (Å²) in [6.45, 7) is 5.05. The lowest BCUT2D eigenvalue weighted by Crippen LogP contribution is -2.45. The molecule has 0 radical (unpaired) electrons. The van der Waals surface area contributed by atoms with Crippen LogP contribution in [0.2, 0.25) is 4.34 Å². The molecule has 0 bridgehead atoms. The van der Waals surface area contributed by atoms with Crippen LogP contribution in [0.5, 0.6) is 0 Å². The minimum absolute atomic E-state index is 0.0430. The fourth-order valence-electron chi connectivity index (χ4n) is 4.55. The standard InChI is InChI=1S/C27H35ClN4O6S/c1-2-3-12-29-13-4-5-24(33)32(26(35)22-10-11-23(28)39-22)17-21-16-31(27(36)38-21)20-8-6-19(7-9-20)30-14-15-37-18-25(30)34/h6-11,21,24,29,33H,2-5,12-18H2,1H3/t21-,24?/m1/s1. The summed E-state index contributed by atoms with van der Waals surface area (Å²) in [5, 5.41) is 14.3. The van der Waals surface area contributed by atoms with Gasteiger partial charge in [0, 0.05) is 17.9 Å². The van der Waals surface area contributed by atoms with E-state index in [1.54, 1.807) is 41.3 Å². The lowest BCUT2D eigenvalue weighted by atomic mass is 10.2. The molecule has 1 aromatic heterocycles. The number of hydrogen-bond acceptors (Lipinski definition) is 8. The number of carbonyl (C=O) groups excluding carboxylic acids is 3. The van der Waals surface area contributed by atoms with Crippen molar-refractivity contribution in [1.82, 2.24) is 10.2 Å². The van der Waals surface area contributed by atoms with Crippen molar-refractivity contribution in [2.45, 2.75) is 44.9 Å². The van der Waals surface area contributed by atoms with Gasteiger partial charge >= 0.3 is 6.09 Å². The van der Waals surface area contributed by atoms with Gasteiger partial charge in [0.2, 0.25) is 0 Å². The molecule has 2 saturated heterocycles. The highest BCUT2D eigenvalue weighted by Crippen LogP contribution is 2.28. The summed E-state index contributed by atoms with van der Waals surface area (Å²) in [6.07, 6.45) is 1.07. The maximum Gasteiger partial charge on any atom is 0.414 e. The molecule has 2 aliphatic rings. The van der Waals surface area contributed by atoms with E-state index in [2.05, 4.69) is 12.2 Å². The third-order valence-electron chi connectivity index (χ3n) is 6.66. The Morgan fingerprint density at radius 2 is 1.87 bits per heavy atom. The third-order valence-corrected chi connectivity index (χ3v) is 7.88. The molecule has 10 nitrogen and oxygen atoms in total. The number of benzene rings is 1. The monoisotopic (exact) mass is 578 g/mol. The first-order valence-corrected chi connectivity index (χ1v) is 14.5. The fraction of sp³-hybridized carbons (Fsp3) is 0.519. The Labute approximate surface area is 237 Å². The van der Waals surface area contributed by atoms with Gasteiger partial charge in [0.1, 0.15) is 18.9 Å². The second-order valence-corrected chi connectivity index (χ2v) is 11.2. The van der Waals surface area contributed by atoms with Gasteiger partial charge in [-0.25, -0.2) is 4.79 Å². The lowest BCUT2D eigenvalue weighted by Gasteiger charge is -2.29. The Bertz CT molecular complexity index is 1130. The molecule has 0 aliphatic carbocycles. The zero-order valence-corrected chi connectivity index (χ0v) is 23.6. The molecule has 12 heteroatoms. The van der Waals surface area contributed by atoms with Crippen LogP contribution in [0.1, 0.15) is 42.3 Å². The van der Waals surface area contributed by atoms with Gasteiger partial charge in [-0.15, -0.1) is 11.3 Å². The number of halogens is 1. The first-order chi connectivity index (χ1) is 18.9. The van der Waals surface area contributed by atoms with Crippen molar-refractivity contribution < 1.29 is 29.0 Å². The number of aliphatic hydroxyl groups excluding tert-OH is 1. The van der Waals surface area contributed by atoms with E-state index in [0.29, 0.717) is 40.9 Å². The molecule has 0 spiro atoms. The summed E-state index contributed by atoms with van der Waals surface area (Å²) in [5.74, 6) is -0.464. The van der Waals surface area contributed by atoms with Gasteiger partial charge in [0.25, 0.3) is 11.8 Å². The van der Waals surface area contributed by atoms with Crippen LogP contribution in [-0.2, 0) is 14.3 Å². The summed E-state index contributed by atoms with van der Waals surface area (Å²) < 4.78 is 11.3. The van der Waals surface area contributed by atoms with Gasteiger partial charge in [0.15, 0.2) is 0 Å². The van der Waals surface area contributed by atoms with Crippen molar-refractivity contribution in [3.8, 4) is 0 Å². The molecule has 2 N–H and O–H groups in total. The van der Waals surface area contributed by atoms with E-state index in [0.717, 1.165) is 43.0 Å². The zero-order valence-electron chi connectivity index (χ0n) is 22.0. The van der Waals surface area contributed by atoms with Crippen LogP contribution in [0.3, 0.4) is 0 Å². The predicted octanol–water partition coefficient (Wildman–Crippen LogP) is 3.72. The van der Waals surface area contributed by atoms with Crippen LogP contribution in [0.25, 0.3) is 0 Å². The molecule has 2 fully saturated rings. The SMILES string of the molecule is CCCCNCCCC(O)N(C[C@H]1CN(c2ccc(N3CCOCC3=O)cc2)C(=O)O1)C(=O)c1ccc(Cl)s1. The lowest BCUT2D eigenvalue weighted by molar-refractivity contribution is -0.125. The van der Waals surface area contributed by atoms with Crippen molar-refractivity contribution in [1.29, 1.82) is 0 Å². The van der Waals surface area contributed by atoms with Gasteiger partial charge < -0.3 is 29.7 Å². The zero-order chi connectivity index (χ0) is 27.8. The number of aliphatic hydroxyl groups is 1. The smallest absolute Gasteiger partial charge is 0.414 e. The highest BCUT2D eigenvalue weighted by Gasteiger charge is 2.36. The minimum Gasteiger partial charge on any atom is -0.442 e. The maximum atomic E-state index is 13.3. The van der Waals surface area contributed by atoms with Crippen molar-refractivity contribution in [2.75, 3.05) is 55.7 Å². The first kappa shape index (κ1) is 29.3. The van der Waals surface area contributed by atoms with E-state index in [9.17, 15) is 19.5 Å². The molecule has 4 rings (SSSR count). The number of unbranched alkanes of at least 4 members (excludes halogenated alkanes) is 1. The number of thiophene rings is 1. The third kappa shape index (κ3) is 7.70. The Morgan fingerprint density at radius 3 is 2.54 bits per heavy atom. The number of amides is 3. The topological polar surface area (TPSA) is 112 Å². The molecule has 2 aromatic rings. The number of morpholine rings is 1. The quantitative estimate of drug-likeness (QED) is 0.275. The average molecular weight is 579 g/mol. The number of carbonyl (C=O) groups is 3. The average Bonchev–Trinajstić information content (AvgIpc) is 3.54. The van der Waals surface area contributed by atoms with E-state index in [4.69, 9.17) is 21.1 Å². The molecule has 1 unspecified atom stereocenters. The normalized spacial score (nSPS) is 18.4. The molecule has 0 saturated carbocycles. The summed E-state index contributed by atoms with van der Waals surface area (Å²) in [4.78, 5) is 43.1. The molecule has 2 aliphatic heterocycles. The van der Waals surface area contributed by atoms with Crippen LogP contribution in [-0.4, -0.2) is 86.2 Å². The summed E-state index contributed by atoms with van der Waals surface area (Å²) in [5.41, 5.74) is 1.35. The van der Waals surface area contributed by atoms with Crippen LogP contribution >= 0.6 is 22.9 Å². The second kappa shape index (κ2) is 14.1. The molecule has 2 atom stereocenters. The van der Waals surface area contributed by atoms with E-state index in [-0.39, 0.29) is 31.5 Å². The Balaban J connectivity index is 1.39. The second-order valence-electron chi connectivity index (χ2n) is 9.52. The number of rotatable bonds is 13. The Kier molecular flexibility index (Phi) is 10.6. The predicted molar refractivity (Wildman–Crippen MR) is 151 cm³/mol. The summed E-state index contributed by atoms with van der Waals surface area (Å²) in [7, 11) is 0. The number of nitrogens with one attached hydrogen (secondary N) is 1. The molecule has 3 amide bonds. The van der Waals surface area contributed by atoms with E-state index >= 15 is 0 Å².